The van der Waals surface area contributed by atoms with Crippen LogP contribution in [0.3, 0.4) is 0 Å². The average Bonchev–Trinajstić information content (AvgIpc) is 2.96. The first-order chi connectivity index (χ1) is 11.5. The molecule has 0 aliphatic carbocycles. The molecule has 1 aromatic heterocycles. The lowest BCUT2D eigenvalue weighted by molar-refractivity contribution is 0.239. The molecule has 0 unspecified atom stereocenters. The third kappa shape index (κ3) is 2.51. The molecule has 7 nitrogen and oxygen atoms in total. The number of anilines is 2. The van der Waals surface area contributed by atoms with E-state index in [1.165, 1.54) is 0 Å². The number of hydrogen-bond acceptors (Lipinski definition) is 5. The Bertz CT molecular complexity index is 767. The molecular formula is C17H20N6O. The number of urea groups is 1. The van der Waals surface area contributed by atoms with Gasteiger partial charge in [-0.15, -0.1) is 0 Å². The number of carbonyl (C=O) groups excluding carboxylic acids is 1. The van der Waals surface area contributed by atoms with Crippen LogP contribution in [-0.4, -0.2) is 55.3 Å². The minimum absolute atomic E-state index is 0.0923. The standard InChI is InChI=1S/C17H20N6O/c1-22(2)13-5-3-12(4-6-13)14-7-8-18-15(20-14)23-10-17(11-23)9-19-16(24)21-17/h3-8H,9-11H2,1-2H3,(H2,19,21,24). The third-order valence-corrected chi connectivity index (χ3v) is 4.56. The number of nitrogens with one attached hydrogen (secondary N) is 2. The fourth-order valence-corrected chi connectivity index (χ4v) is 3.19. The summed E-state index contributed by atoms with van der Waals surface area (Å²) in [5, 5.41) is 5.79. The summed E-state index contributed by atoms with van der Waals surface area (Å²) < 4.78 is 0. The first-order valence-corrected chi connectivity index (χ1v) is 7.96. The zero-order valence-corrected chi connectivity index (χ0v) is 13.8. The van der Waals surface area contributed by atoms with Gasteiger partial charge in [0.05, 0.1) is 11.2 Å². The van der Waals surface area contributed by atoms with Crippen molar-refractivity contribution in [2.75, 3.05) is 43.5 Å². The smallest absolute Gasteiger partial charge is 0.315 e. The van der Waals surface area contributed by atoms with Crippen molar-refractivity contribution in [2.24, 2.45) is 0 Å². The van der Waals surface area contributed by atoms with Gasteiger partial charge in [0.2, 0.25) is 5.95 Å². The summed E-state index contributed by atoms with van der Waals surface area (Å²) in [6.07, 6.45) is 1.79. The lowest BCUT2D eigenvalue weighted by atomic mass is 9.91. The zero-order chi connectivity index (χ0) is 16.7. The highest BCUT2D eigenvalue weighted by molar-refractivity contribution is 5.78. The van der Waals surface area contributed by atoms with E-state index >= 15 is 0 Å². The Hall–Kier alpha value is -2.83. The number of aromatic nitrogens is 2. The molecule has 2 amide bonds. The van der Waals surface area contributed by atoms with Crippen LogP contribution in [0.4, 0.5) is 16.4 Å². The van der Waals surface area contributed by atoms with Crippen LogP contribution in [0.25, 0.3) is 11.3 Å². The van der Waals surface area contributed by atoms with Gasteiger partial charge in [-0.1, -0.05) is 12.1 Å². The number of nitrogens with zero attached hydrogens (tertiary/aromatic N) is 4. The largest absolute Gasteiger partial charge is 0.378 e. The zero-order valence-electron chi connectivity index (χ0n) is 13.8. The Morgan fingerprint density at radius 3 is 2.54 bits per heavy atom. The summed E-state index contributed by atoms with van der Waals surface area (Å²) in [7, 11) is 4.04. The Labute approximate surface area is 140 Å². The van der Waals surface area contributed by atoms with E-state index in [9.17, 15) is 4.79 Å². The molecule has 0 atom stereocenters. The predicted octanol–water partition coefficient (Wildman–Crippen LogP) is 1.08. The van der Waals surface area contributed by atoms with Crippen LogP contribution in [0.5, 0.6) is 0 Å². The van der Waals surface area contributed by atoms with Crippen LogP contribution in [0.2, 0.25) is 0 Å². The predicted molar refractivity (Wildman–Crippen MR) is 93.3 cm³/mol. The van der Waals surface area contributed by atoms with Crippen LogP contribution in [-0.2, 0) is 0 Å². The van der Waals surface area contributed by atoms with E-state index in [0.717, 1.165) is 30.0 Å². The minimum Gasteiger partial charge on any atom is -0.378 e. The third-order valence-electron chi connectivity index (χ3n) is 4.56. The van der Waals surface area contributed by atoms with Gasteiger partial charge in [-0.25, -0.2) is 14.8 Å². The van der Waals surface area contributed by atoms with Crippen molar-refractivity contribution in [2.45, 2.75) is 5.54 Å². The van der Waals surface area contributed by atoms with E-state index < -0.39 is 0 Å². The van der Waals surface area contributed by atoms with Gasteiger partial charge < -0.3 is 20.4 Å². The highest BCUT2D eigenvalue weighted by atomic mass is 16.2. The number of hydrogen-bond donors (Lipinski definition) is 2. The monoisotopic (exact) mass is 324 g/mol. The van der Waals surface area contributed by atoms with Crippen molar-refractivity contribution in [3.63, 3.8) is 0 Å². The van der Waals surface area contributed by atoms with Crippen LogP contribution in [0, 0.1) is 0 Å². The summed E-state index contributed by atoms with van der Waals surface area (Å²) in [5.74, 6) is 0.705. The van der Waals surface area contributed by atoms with E-state index in [4.69, 9.17) is 0 Å². The molecule has 0 saturated carbocycles. The first-order valence-electron chi connectivity index (χ1n) is 7.96. The second-order valence-electron chi connectivity index (χ2n) is 6.63. The molecule has 124 valence electrons. The van der Waals surface area contributed by atoms with Gasteiger partial charge in [0.15, 0.2) is 0 Å². The van der Waals surface area contributed by atoms with Gasteiger partial charge in [-0.05, 0) is 18.2 Å². The summed E-state index contributed by atoms with van der Waals surface area (Å²) >= 11 is 0. The summed E-state index contributed by atoms with van der Waals surface area (Å²) in [6, 6.07) is 10.1. The van der Waals surface area contributed by atoms with Gasteiger partial charge >= 0.3 is 6.03 Å². The van der Waals surface area contributed by atoms with Crippen molar-refractivity contribution in [3.8, 4) is 11.3 Å². The lowest BCUT2D eigenvalue weighted by Crippen LogP contribution is -2.69. The van der Waals surface area contributed by atoms with E-state index in [1.54, 1.807) is 6.20 Å². The van der Waals surface area contributed by atoms with Crippen molar-refractivity contribution >= 4 is 17.7 Å². The Morgan fingerprint density at radius 1 is 1.17 bits per heavy atom. The Morgan fingerprint density at radius 2 is 1.92 bits per heavy atom. The molecule has 2 saturated heterocycles. The molecule has 3 heterocycles. The normalized spacial score (nSPS) is 18.1. The molecule has 7 heteroatoms. The average molecular weight is 324 g/mol. The Kier molecular flexibility index (Phi) is 3.30. The van der Waals surface area contributed by atoms with E-state index in [2.05, 4.69) is 54.7 Å². The topological polar surface area (TPSA) is 73.4 Å². The van der Waals surface area contributed by atoms with E-state index in [-0.39, 0.29) is 11.6 Å². The lowest BCUT2D eigenvalue weighted by Gasteiger charge is -2.46. The summed E-state index contributed by atoms with van der Waals surface area (Å²) in [4.78, 5) is 24.6. The summed E-state index contributed by atoms with van der Waals surface area (Å²) in [5.41, 5.74) is 2.96. The number of benzene rings is 1. The van der Waals surface area contributed by atoms with Crippen molar-refractivity contribution in [3.05, 3.63) is 36.5 Å². The molecule has 0 radical (unpaired) electrons. The van der Waals surface area contributed by atoms with Gasteiger partial charge in [-0.3, -0.25) is 0 Å². The molecule has 24 heavy (non-hydrogen) atoms. The molecule has 2 aliphatic heterocycles. The summed E-state index contributed by atoms with van der Waals surface area (Å²) in [6.45, 7) is 2.12. The van der Waals surface area contributed by atoms with E-state index in [1.807, 2.05) is 20.2 Å². The molecule has 2 N–H and O–H groups in total. The maximum atomic E-state index is 11.3. The molecular weight excluding hydrogens is 304 g/mol. The first kappa shape index (κ1) is 14.7. The highest BCUT2D eigenvalue weighted by Crippen LogP contribution is 2.28. The molecule has 2 aromatic rings. The quantitative estimate of drug-likeness (QED) is 0.884. The minimum atomic E-state index is -0.163. The highest BCUT2D eigenvalue weighted by Gasteiger charge is 2.48. The second kappa shape index (κ2) is 5.36. The van der Waals surface area contributed by atoms with E-state index in [0.29, 0.717) is 12.5 Å². The molecule has 1 spiro atoms. The fourth-order valence-electron chi connectivity index (χ4n) is 3.19. The maximum absolute atomic E-state index is 11.3. The van der Waals surface area contributed by atoms with Crippen LogP contribution >= 0.6 is 0 Å². The van der Waals surface area contributed by atoms with Gasteiger partial charge in [0.25, 0.3) is 0 Å². The molecule has 2 fully saturated rings. The molecule has 1 aromatic carbocycles. The number of amides is 2. The Balaban J connectivity index is 1.51. The van der Waals surface area contributed by atoms with Crippen molar-refractivity contribution in [1.29, 1.82) is 0 Å². The van der Waals surface area contributed by atoms with Gasteiger partial charge in [0, 0.05) is 51.2 Å². The SMILES string of the molecule is CN(C)c1ccc(-c2ccnc(N3CC4(CNC(=O)N4)C3)n2)cc1. The van der Waals surface area contributed by atoms with Crippen LogP contribution in [0.15, 0.2) is 36.5 Å². The van der Waals surface area contributed by atoms with Crippen molar-refractivity contribution in [1.82, 2.24) is 20.6 Å². The second-order valence-corrected chi connectivity index (χ2v) is 6.63. The van der Waals surface area contributed by atoms with Gasteiger partial charge in [0.1, 0.15) is 0 Å². The number of carbonyl (C=O) groups is 1. The van der Waals surface area contributed by atoms with Crippen LogP contribution < -0.4 is 20.4 Å². The fraction of sp³-hybridized carbons (Fsp3) is 0.353. The molecule has 2 aliphatic rings. The maximum Gasteiger partial charge on any atom is 0.315 e. The molecule has 0 bridgehead atoms. The number of rotatable bonds is 3. The molecule has 4 rings (SSSR count). The van der Waals surface area contributed by atoms with Crippen LogP contribution in [0.1, 0.15) is 0 Å². The van der Waals surface area contributed by atoms with Gasteiger partial charge in [-0.2, -0.15) is 0 Å². The van der Waals surface area contributed by atoms with Crippen molar-refractivity contribution < 1.29 is 4.79 Å².